The van der Waals surface area contributed by atoms with E-state index < -0.39 is 30.8 Å². The summed E-state index contributed by atoms with van der Waals surface area (Å²) in [6, 6.07) is 9.23. The van der Waals surface area contributed by atoms with Crippen molar-refractivity contribution in [3.8, 4) is 11.5 Å². The SMILES string of the molecule is CN1CC[C@@H](Nc2cccc3c2cc(-c2noc(CNC(=O)c4cccnc4N(C)C)n2)n3CC(F)(F)F)[C@@H](F)C1. The van der Waals surface area contributed by atoms with E-state index in [-0.39, 0.29) is 36.0 Å². The average Bonchev–Trinajstić information content (AvgIpc) is 3.53. The van der Waals surface area contributed by atoms with Crippen molar-refractivity contribution in [2.75, 3.05) is 44.4 Å². The van der Waals surface area contributed by atoms with Gasteiger partial charge in [0.2, 0.25) is 11.7 Å². The molecule has 3 aromatic heterocycles. The molecular formula is C27H30F4N8O2. The number of fused-ring (bicyclic) bond motifs is 1. The lowest BCUT2D eigenvalue weighted by atomic mass is 10.0. The molecule has 1 aliphatic heterocycles. The molecule has 5 rings (SSSR count). The van der Waals surface area contributed by atoms with Crippen molar-refractivity contribution < 1.29 is 26.9 Å². The number of nitrogens with one attached hydrogen (secondary N) is 2. The van der Waals surface area contributed by atoms with Crippen LogP contribution in [0.15, 0.2) is 47.1 Å². The van der Waals surface area contributed by atoms with E-state index in [1.165, 1.54) is 6.07 Å². The largest absolute Gasteiger partial charge is 0.406 e. The summed E-state index contributed by atoms with van der Waals surface area (Å²) in [6.45, 7) is -0.459. The lowest BCUT2D eigenvalue weighted by molar-refractivity contribution is -0.139. The standard InChI is InChI=1S/C27H30F4N8O2/c1-37(2)25-16(6-5-10-32-25)26(40)33-13-23-35-24(36-41-23)22-12-17-19(34-20-9-11-38(3)14-18(20)28)7-4-8-21(17)39(22)15-27(29,30)31/h4-8,10,12,18,20,34H,9,11,13-15H2,1-3H3,(H,33,40)/t18-,20+/m0/s1. The maximum atomic E-state index is 14.7. The molecule has 1 fully saturated rings. The topological polar surface area (TPSA) is 104 Å². The molecule has 10 nitrogen and oxygen atoms in total. The number of rotatable bonds is 8. The van der Waals surface area contributed by atoms with Crippen LogP contribution in [0.2, 0.25) is 0 Å². The van der Waals surface area contributed by atoms with Gasteiger partial charge in [-0.05, 0) is 43.8 Å². The van der Waals surface area contributed by atoms with Gasteiger partial charge in [-0.2, -0.15) is 18.2 Å². The zero-order valence-corrected chi connectivity index (χ0v) is 22.7. The summed E-state index contributed by atoms with van der Waals surface area (Å²) < 4.78 is 62.0. The zero-order valence-electron chi connectivity index (χ0n) is 22.7. The zero-order chi connectivity index (χ0) is 29.3. The third-order valence-electron chi connectivity index (χ3n) is 6.92. The summed E-state index contributed by atoms with van der Waals surface area (Å²) in [5, 5.41) is 10.3. The minimum atomic E-state index is -4.53. The van der Waals surface area contributed by atoms with E-state index in [0.29, 0.717) is 35.4 Å². The number of amides is 1. The molecule has 4 heterocycles. The van der Waals surface area contributed by atoms with Gasteiger partial charge in [0.05, 0.1) is 29.4 Å². The second-order valence-corrected chi connectivity index (χ2v) is 10.3. The second-order valence-electron chi connectivity index (χ2n) is 10.3. The number of carbonyl (C=O) groups excluding carboxylic acids is 1. The number of benzene rings is 1. The first-order valence-electron chi connectivity index (χ1n) is 13.0. The Balaban J connectivity index is 1.42. The normalized spacial score (nSPS) is 18.0. The highest BCUT2D eigenvalue weighted by atomic mass is 19.4. The van der Waals surface area contributed by atoms with Gasteiger partial charge in [-0.1, -0.05) is 11.2 Å². The summed E-state index contributed by atoms with van der Waals surface area (Å²) >= 11 is 0. The first-order valence-corrected chi connectivity index (χ1v) is 13.0. The fourth-order valence-corrected chi connectivity index (χ4v) is 4.98. The van der Waals surface area contributed by atoms with E-state index in [9.17, 15) is 22.4 Å². The Morgan fingerprint density at radius 2 is 2.02 bits per heavy atom. The summed E-state index contributed by atoms with van der Waals surface area (Å²) in [5.74, 6) is -0.0174. The van der Waals surface area contributed by atoms with Crippen molar-refractivity contribution >= 4 is 28.3 Å². The van der Waals surface area contributed by atoms with Crippen molar-refractivity contribution in [1.29, 1.82) is 0 Å². The molecule has 4 aromatic rings. The minimum absolute atomic E-state index is 0.0115. The van der Waals surface area contributed by atoms with Crippen LogP contribution in [-0.4, -0.2) is 83.1 Å². The first-order chi connectivity index (χ1) is 19.5. The maximum absolute atomic E-state index is 14.7. The molecule has 41 heavy (non-hydrogen) atoms. The number of piperidine rings is 1. The van der Waals surface area contributed by atoms with Crippen LogP contribution in [0.5, 0.6) is 0 Å². The number of carbonyl (C=O) groups is 1. The number of likely N-dealkylation sites (tertiary alicyclic amines) is 1. The van der Waals surface area contributed by atoms with Gasteiger partial charge in [0.25, 0.3) is 5.91 Å². The van der Waals surface area contributed by atoms with E-state index in [0.717, 1.165) is 4.57 Å². The van der Waals surface area contributed by atoms with Crippen LogP contribution in [0.25, 0.3) is 22.4 Å². The number of pyridine rings is 1. The molecule has 1 aliphatic rings. The van der Waals surface area contributed by atoms with Crippen LogP contribution in [0.3, 0.4) is 0 Å². The van der Waals surface area contributed by atoms with Crippen molar-refractivity contribution in [3.05, 3.63) is 54.0 Å². The van der Waals surface area contributed by atoms with E-state index in [1.807, 2.05) is 11.9 Å². The number of nitrogens with zero attached hydrogens (tertiary/aromatic N) is 6. The number of anilines is 2. The average molecular weight is 575 g/mol. The summed E-state index contributed by atoms with van der Waals surface area (Å²) in [6.07, 6.45) is -3.53. The highest BCUT2D eigenvalue weighted by Gasteiger charge is 2.32. The predicted molar refractivity (Wildman–Crippen MR) is 145 cm³/mol. The molecule has 0 spiro atoms. The maximum Gasteiger partial charge on any atom is 0.406 e. The molecule has 1 amide bonds. The van der Waals surface area contributed by atoms with Crippen LogP contribution in [-0.2, 0) is 13.1 Å². The summed E-state index contributed by atoms with van der Waals surface area (Å²) in [4.78, 5) is 24.8. The molecule has 2 atom stereocenters. The van der Waals surface area contributed by atoms with Gasteiger partial charge in [-0.3, -0.25) is 4.79 Å². The first kappa shape index (κ1) is 28.3. The molecule has 2 N–H and O–H groups in total. The minimum Gasteiger partial charge on any atom is -0.379 e. The fourth-order valence-electron chi connectivity index (χ4n) is 4.98. The van der Waals surface area contributed by atoms with E-state index in [1.54, 1.807) is 55.5 Å². The Hall–Kier alpha value is -4.20. The van der Waals surface area contributed by atoms with Crippen LogP contribution in [0.4, 0.5) is 29.1 Å². The Bertz CT molecular complexity index is 1530. The summed E-state index contributed by atoms with van der Waals surface area (Å²) in [7, 11) is 5.36. The third-order valence-corrected chi connectivity index (χ3v) is 6.92. The van der Waals surface area contributed by atoms with Gasteiger partial charge in [0.15, 0.2) is 0 Å². The Kier molecular flexibility index (Phi) is 7.84. The smallest absolute Gasteiger partial charge is 0.379 e. The lowest BCUT2D eigenvalue weighted by Crippen LogP contribution is -2.46. The number of aromatic nitrogens is 4. The molecule has 0 bridgehead atoms. The molecule has 1 aromatic carbocycles. The molecule has 0 saturated carbocycles. The monoisotopic (exact) mass is 574 g/mol. The van der Waals surface area contributed by atoms with Gasteiger partial charge < -0.3 is 29.5 Å². The highest BCUT2D eigenvalue weighted by Crippen LogP contribution is 2.35. The highest BCUT2D eigenvalue weighted by molar-refractivity contribution is 5.99. The summed E-state index contributed by atoms with van der Waals surface area (Å²) in [5.41, 5.74) is 1.22. The molecule has 0 unspecified atom stereocenters. The predicted octanol–water partition coefficient (Wildman–Crippen LogP) is 4.10. The number of hydrogen-bond donors (Lipinski definition) is 2. The van der Waals surface area contributed by atoms with Crippen LogP contribution in [0.1, 0.15) is 22.7 Å². The Morgan fingerprint density at radius 3 is 2.76 bits per heavy atom. The second kappa shape index (κ2) is 11.4. The quantitative estimate of drug-likeness (QED) is 0.303. The molecular weight excluding hydrogens is 544 g/mol. The van der Waals surface area contributed by atoms with E-state index >= 15 is 0 Å². The Morgan fingerprint density at radius 1 is 1.22 bits per heavy atom. The van der Waals surface area contributed by atoms with Crippen LogP contribution in [0, 0.1) is 0 Å². The molecule has 0 radical (unpaired) electrons. The van der Waals surface area contributed by atoms with Gasteiger partial charge in [-0.25, -0.2) is 9.37 Å². The van der Waals surface area contributed by atoms with Crippen LogP contribution >= 0.6 is 0 Å². The van der Waals surface area contributed by atoms with Gasteiger partial charge >= 0.3 is 6.18 Å². The van der Waals surface area contributed by atoms with Crippen molar-refractivity contribution in [2.45, 2.75) is 37.9 Å². The molecule has 218 valence electrons. The van der Waals surface area contributed by atoms with E-state index in [2.05, 4.69) is 25.8 Å². The molecule has 1 saturated heterocycles. The van der Waals surface area contributed by atoms with Crippen LogP contribution < -0.4 is 15.5 Å². The number of alkyl halides is 4. The fraction of sp³-hybridized carbons (Fsp3) is 0.407. The third kappa shape index (κ3) is 6.26. The van der Waals surface area contributed by atoms with Gasteiger partial charge in [-0.15, -0.1) is 0 Å². The van der Waals surface area contributed by atoms with Gasteiger partial charge in [0.1, 0.15) is 18.5 Å². The molecule has 0 aliphatic carbocycles. The van der Waals surface area contributed by atoms with Gasteiger partial charge in [0, 0.05) is 44.5 Å². The molecule has 14 heteroatoms. The number of halogens is 4. The Labute approximate surface area is 233 Å². The van der Waals surface area contributed by atoms with Crippen molar-refractivity contribution in [1.82, 2.24) is 29.9 Å². The van der Waals surface area contributed by atoms with E-state index in [4.69, 9.17) is 4.52 Å². The number of hydrogen-bond acceptors (Lipinski definition) is 8. The lowest BCUT2D eigenvalue weighted by Gasteiger charge is -2.33. The van der Waals surface area contributed by atoms with Crippen molar-refractivity contribution in [3.63, 3.8) is 0 Å². The van der Waals surface area contributed by atoms with Crippen molar-refractivity contribution in [2.24, 2.45) is 0 Å².